The molecule has 2 atom stereocenters. The number of thioether (sulfide) groups is 1. The Morgan fingerprint density at radius 3 is 2.08 bits per heavy atom. The Bertz CT molecular complexity index is 794. The van der Waals surface area contributed by atoms with Gasteiger partial charge in [0.2, 0.25) is 5.91 Å². The third-order valence-electron chi connectivity index (χ3n) is 4.20. The smallest absolute Gasteiger partial charge is 0.288 e. The van der Waals surface area contributed by atoms with Crippen molar-refractivity contribution in [2.75, 3.05) is 10.6 Å². The zero-order chi connectivity index (χ0) is 18.7. The predicted molar refractivity (Wildman–Crippen MR) is 98.6 cm³/mol. The molecule has 2 unspecified atom stereocenters. The van der Waals surface area contributed by atoms with Crippen molar-refractivity contribution < 1.29 is 18.4 Å². The lowest BCUT2D eigenvalue weighted by Crippen LogP contribution is -2.15. The van der Waals surface area contributed by atoms with Gasteiger partial charge < -0.3 is 10.6 Å². The van der Waals surface area contributed by atoms with Gasteiger partial charge in [0, 0.05) is 27.8 Å². The van der Waals surface area contributed by atoms with Crippen LogP contribution in [0.25, 0.3) is 0 Å². The monoisotopic (exact) mass is 376 g/mol. The number of anilines is 2. The minimum absolute atomic E-state index is 0.0106. The van der Waals surface area contributed by atoms with Crippen LogP contribution in [0.4, 0.5) is 20.2 Å². The van der Waals surface area contributed by atoms with Crippen molar-refractivity contribution in [3.63, 3.8) is 0 Å². The van der Waals surface area contributed by atoms with Gasteiger partial charge in [-0.05, 0) is 60.9 Å². The van der Waals surface area contributed by atoms with E-state index in [1.165, 1.54) is 12.1 Å². The molecule has 26 heavy (non-hydrogen) atoms. The average molecular weight is 376 g/mol. The molecular weight excluding hydrogens is 358 g/mol. The molecule has 0 spiro atoms. The van der Waals surface area contributed by atoms with Gasteiger partial charge in [0.1, 0.15) is 0 Å². The summed E-state index contributed by atoms with van der Waals surface area (Å²) in [4.78, 5) is 24.6. The van der Waals surface area contributed by atoms with Crippen LogP contribution in [0.3, 0.4) is 0 Å². The fourth-order valence-corrected chi connectivity index (χ4v) is 3.05. The van der Waals surface area contributed by atoms with Gasteiger partial charge in [0.25, 0.3) is 11.7 Å². The summed E-state index contributed by atoms with van der Waals surface area (Å²) in [5.41, 5.74) is 1.61. The van der Waals surface area contributed by atoms with Gasteiger partial charge in [-0.1, -0.05) is 18.7 Å². The molecule has 0 bridgehead atoms. The molecule has 136 valence electrons. The van der Waals surface area contributed by atoms with Crippen LogP contribution in [0.1, 0.15) is 23.7 Å². The number of rotatable bonds is 6. The van der Waals surface area contributed by atoms with E-state index in [1.54, 1.807) is 36.4 Å². The highest BCUT2D eigenvalue weighted by Gasteiger charge is 2.39. The normalized spacial score (nSPS) is 18.5. The van der Waals surface area contributed by atoms with Crippen molar-refractivity contribution in [1.82, 2.24) is 0 Å². The number of alkyl halides is 2. The quantitative estimate of drug-likeness (QED) is 0.709. The van der Waals surface area contributed by atoms with E-state index in [1.807, 2.05) is 6.92 Å². The molecule has 1 saturated carbocycles. The third-order valence-corrected chi connectivity index (χ3v) is 4.92. The molecule has 0 radical (unpaired) electrons. The SMILES string of the molecule is CC1CC1C(=O)Nc1ccc(C(=O)Nc2ccc(SC(F)F)cc2)cc1. The van der Waals surface area contributed by atoms with Gasteiger partial charge in [0.05, 0.1) is 0 Å². The summed E-state index contributed by atoms with van der Waals surface area (Å²) in [7, 11) is 0. The fraction of sp³-hybridized carbons (Fsp3) is 0.263. The van der Waals surface area contributed by atoms with Gasteiger partial charge in [0.15, 0.2) is 0 Å². The number of carbonyl (C=O) groups excluding carboxylic acids is 2. The van der Waals surface area contributed by atoms with E-state index in [4.69, 9.17) is 0 Å². The Hall–Kier alpha value is -2.41. The maximum absolute atomic E-state index is 12.3. The maximum Gasteiger partial charge on any atom is 0.288 e. The standard InChI is InChI=1S/C19H18F2N2O2S/c1-11-10-16(11)18(25)23-13-4-2-12(3-5-13)17(24)22-14-6-8-15(9-7-14)26-19(20)21/h2-9,11,16,19H,10H2,1H3,(H,22,24)(H,23,25). The van der Waals surface area contributed by atoms with Gasteiger partial charge in [-0.25, -0.2) is 0 Å². The number of carbonyl (C=O) groups is 2. The maximum atomic E-state index is 12.3. The Balaban J connectivity index is 1.56. The van der Waals surface area contributed by atoms with Gasteiger partial charge in [-0.15, -0.1) is 0 Å². The second-order valence-electron chi connectivity index (χ2n) is 6.24. The van der Waals surface area contributed by atoms with Crippen LogP contribution in [-0.2, 0) is 4.79 Å². The van der Waals surface area contributed by atoms with Crippen molar-refractivity contribution in [2.45, 2.75) is 24.0 Å². The lowest BCUT2D eigenvalue weighted by atomic mass is 10.2. The van der Waals surface area contributed by atoms with Gasteiger partial charge in [-0.2, -0.15) is 8.78 Å². The van der Waals surface area contributed by atoms with Crippen LogP contribution in [-0.4, -0.2) is 17.6 Å². The molecular formula is C19H18F2N2O2S. The fourth-order valence-electron chi connectivity index (χ4n) is 2.55. The average Bonchev–Trinajstić information content (AvgIpc) is 3.34. The lowest BCUT2D eigenvalue weighted by Gasteiger charge is -2.08. The molecule has 2 amide bonds. The number of amides is 2. The second-order valence-corrected chi connectivity index (χ2v) is 7.31. The highest BCUT2D eigenvalue weighted by molar-refractivity contribution is 7.99. The number of hydrogen-bond donors (Lipinski definition) is 2. The molecule has 1 aliphatic rings. The minimum atomic E-state index is -2.47. The molecule has 0 heterocycles. The Labute approximate surface area is 154 Å². The van der Waals surface area contributed by atoms with E-state index >= 15 is 0 Å². The highest BCUT2D eigenvalue weighted by atomic mass is 32.2. The van der Waals surface area contributed by atoms with Crippen LogP contribution >= 0.6 is 11.8 Å². The van der Waals surface area contributed by atoms with E-state index < -0.39 is 5.76 Å². The third kappa shape index (κ3) is 4.82. The molecule has 2 N–H and O–H groups in total. The Kier molecular flexibility index (Phi) is 5.56. The van der Waals surface area contributed by atoms with Crippen LogP contribution < -0.4 is 10.6 Å². The number of halogens is 2. The van der Waals surface area contributed by atoms with Gasteiger partial charge >= 0.3 is 0 Å². The first-order valence-corrected chi connectivity index (χ1v) is 9.07. The Morgan fingerprint density at radius 1 is 1.00 bits per heavy atom. The Morgan fingerprint density at radius 2 is 1.54 bits per heavy atom. The number of hydrogen-bond acceptors (Lipinski definition) is 3. The second kappa shape index (κ2) is 7.86. The van der Waals surface area contributed by atoms with Crippen LogP contribution in [0.15, 0.2) is 53.4 Å². The summed E-state index contributed by atoms with van der Waals surface area (Å²) in [5, 5.41) is 5.55. The molecule has 2 aromatic carbocycles. The summed E-state index contributed by atoms with van der Waals surface area (Å²) >= 11 is 0.455. The van der Waals surface area contributed by atoms with E-state index in [-0.39, 0.29) is 17.7 Å². The number of nitrogens with one attached hydrogen (secondary N) is 2. The molecule has 7 heteroatoms. The molecule has 1 aliphatic carbocycles. The zero-order valence-electron chi connectivity index (χ0n) is 14.0. The van der Waals surface area contributed by atoms with E-state index in [9.17, 15) is 18.4 Å². The zero-order valence-corrected chi connectivity index (χ0v) is 14.9. The molecule has 3 rings (SSSR count). The number of benzene rings is 2. The molecule has 0 aliphatic heterocycles. The van der Waals surface area contributed by atoms with Gasteiger partial charge in [-0.3, -0.25) is 9.59 Å². The van der Waals surface area contributed by atoms with E-state index in [0.29, 0.717) is 39.5 Å². The first kappa shape index (κ1) is 18.4. The molecule has 4 nitrogen and oxygen atoms in total. The summed E-state index contributed by atoms with van der Waals surface area (Å²) in [6, 6.07) is 12.8. The molecule has 1 fully saturated rings. The first-order valence-electron chi connectivity index (χ1n) is 8.19. The van der Waals surface area contributed by atoms with Crippen molar-refractivity contribution in [3.05, 3.63) is 54.1 Å². The summed E-state index contributed by atoms with van der Waals surface area (Å²) in [6.07, 6.45) is 0.918. The minimum Gasteiger partial charge on any atom is -0.326 e. The van der Waals surface area contributed by atoms with E-state index in [2.05, 4.69) is 10.6 Å². The van der Waals surface area contributed by atoms with Crippen molar-refractivity contribution in [1.29, 1.82) is 0 Å². The summed E-state index contributed by atoms with van der Waals surface area (Å²) in [5.74, 6) is -2.25. The van der Waals surface area contributed by atoms with Crippen LogP contribution in [0.5, 0.6) is 0 Å². The van der Waals surface area contributed by atoms with E-state index in [0.717, 1.165) is 6.42 Å². The highest BCUT2D eigenvalue weighted by Crippen LogP contribution is 2.38. The molecule has 0 aromatic heterocycles. The topological polar surface area (TPSA) is 58.2 Å². The lowest BCUT2D eigenvalue weighted by molar-refractivity contribution is -0.117. The summed E-state index contributed by atoms with van der Waals surface area (Å²) in [6.45, 7) is 2.04. The largest absolute Gasteiger partial charge is 0.326 e. The van der Waals surface area contributed by atoms with Crippen molar-refractivity contribution >= 4 is 35.0 Å². The van der Waals surface area contributed by atoms with Crippen molar-refractivity contribution in [3.8, 4) is 0 Å². The predicted octanol–water partition coefficient (Wildman–Crippen LogP) is 4.85. The molecule has 2 aromatic rings. The van der Waals surface area contributed by atoms with Crippen LogP contribution in [0.2, 0.25) is 0 Å². The molecule has 0 saturated heterocycles. The van der Waals surface area contributed by atoms with Crippen LogP contribution in [0, 0.1) is 11.8 Å². The summed E-state index contributed by atoms with van der Waals surface area (Å²) < 4.78 is 24.6. The van der Waals surface area contributed by atoms with Crippen molar-refractivity contribution in [2.24, 2.45) is 11.8 Å². The first-order chi connectivity index (χ1) is 12.4.